The van der Waals surface area contributed by atoms with Crippen molar-refractivity contribution in [2.45, 2.75) is 36.1 Å². The van der Waals surface area contributed by atoms with Gasteiger partial charge in [0.2, 0.25) is 6.79 Å². The van der Waals surface area contributed by atoms with Crippen molar-refractivity contribution in [3.8, 4) is 17.6 Å². The maximum Gasteiger partial charge on any atom is 0.261 e. The van der Waals surface area contributed by atoms with Gasteiger partial charge in [-0.25, -0.2) is 0 Å². The fourth-order valence-corrected chi connectivity index (χ4v) is 8.08. The highest BCUT2D eigenvalue weighted by Gasteiger charge is 2.74. The summed E-state index contributed by atoms with van der Waals surface area (Å²) in [5, 5.41) is 10.0. The third-order valence-electron chi connectivity index (χ3n) is 6.06. The summed E-state index contributed by atoms with van der Waals surface area (Å²) >= 11 is 0. The molecule has 1 spiro atoms. The number of hydrogen-bond acceptors (Lipinski definition) is 7. The molecule has 0 radical (unpaired) electrons. The second-order valence-corrected chi connectivity index (χ2v) is 10.5. The topological polar surface area (TPSA) is 82.9 Å². The van der Waals surface area contributed by atoms with Crippen LogP contribution in [0.4, 0.5) is 0 Å². The van der Waals surface area contributed by atoms with Crippen LogP contribution in [-0.4, -0.2) is 45.2 Å². The Hall–Kier alpha value is -2.05. The molecule has 4 saturated heterocycles. The Labute approximate surface area is 164 Å². The van der Waals surface area contributed by atoms with Gasteiger partial charge >= 0.3 is 0 Å². The van der Waals surface area contributed by atoms with Crippen LogP contribution in [0, 0.1) is 16.7 Å². The van der Waals surface area contributed by atoms with Crippen LogP contribution in [0.1, 0.15) is 31.9 Å². The van der Waals surface area contributed by atoms with Crippen molar-refractivity contribution in [3.05, 3.63) is 23.8 Å². The van der Waals surface area contributed by atoms with Gasteiger partial charge in [0, 0.05) is 13.5 Å². The predicted molar refractivity (Wildman–Crippen MR) is 99.6 cm³/mol. The molecule has 7 nitrogen and oxygen atoms in total. The molecule has 5 aliphatic heterocycles. The molecule has 0 aromatic heterocycles. The first kappa shape index (κ1) is 17.1. The fourth-order valence-electron chi connectivity index (χ4n) is 4.50. The third-order valence-corrected chi connectivity index (χ3v) is 9.76. The number of likely N-dealkylation sites (N-methyl/N-ethyl adjacent to an activating group) is 1. The SMILES string of the molecule is CN1C(=O)[C@@]23C[C@](C)(C#N)C(c4ccc5c(c4)OCO5)N2C(=O)[C@]1(C)SS3. The summed E-state index contributed by atoms with van der Waals surface area (Å²) in [5.41, 5.74) is -0.117. The lowest BCUT2D eigenvalue weighted by Crippen LogP contribution is -2.73. The van der Waals surface area contributed by atoms with Gasteiger partial charge in [-0.3, -0.25) is 9.59 Å². The molecule has 6 rings (SSSR count). The molecule has 9 heteroatoms. The minimum atomic E-state index is -1.06. The molecule has 0 N–H and O–H groups in total. The van der Waals surface area contributed by atoms with Crippen LogP contribution in [0.5, 0.6) is 11.5 Å². The van der Waals surface area contributed by atoms with E-state index in [1.165, 1.54) is 26.5 Å². The van der Waals surface area contributed by atoms with Crippen molar-refractivity contribution in [3.63, 3.8) is 0 Å². The Kier molecular flexibility index (Phi) is 3.20. The first-order valence-electron chi connectivity index (χ1n) is 8.56. The summed E-state index contributed by atoms with van der Waals surface area (Å²) in [7, 11) is 4.49. The van der Waals surface area contributed by atoms with Crippen LogP contribution in [0.25, 0.3) is 0 Å². The van der Waals surface area contributed by atoms with Crippen molar-refractivity contribution < 1.29 is 19.1 Å². The molecule has 0 saturated carbocycles. The number of ether oxygens (including phenoxy) is 2. The number of piperazine rings is 1. The van der Waals surface area contributed by atoms with E-state index in [4.69, 9.17) is 9.47 Å². The molecule has 5 heterocycles. The van der Waals surface area contributed by atoms with Crippen molar-refractivity contribution in [1.29, 1.82) is 5.26 Å². The smallest absolute Gasteiger partial charge is 0.261 e. The van der Waals surface area contributed by atoms with Gasteiger partial charge in [0.15, 0.2) is 21.2 Å². The van der Waals surface area contributed by atoms with Gasteiger partial charge in [-0.15, -0.1) is 0 Å². The zero-order valence-corrected chi connectivity index (χ0v) is 16.6. The van der Waals surface area contributed by atoms with Crippen molar-refractivity contribution in [2.75, 3.05) is 13.8 Å². The number of rotatable bonds is 1. The Balaban J connectivity index is 1.71. The van der Waals surface area contributed by atoms with E-state index >= 15 is 0 Å². The van der Waals surface area contributed by atoms with Gasteiger partial charge in [-0.2, -0.15) is 5.26 Å². The summed E-state index contributed by atoms with van der Waals surface area (Å²) in [6.45, 7) is 3.75. The number of amides is 2. The molecule has 2 amide bonds. The van der Waals surface area contributed by atoms with E-state index in [-0.39, 0.29) is 25.0 Å². The lowest BCUT2D eigenvalue weighted by molar-refractivity contribution is -0.164. The molecule has 4 fully saturated rings. The van der Waals surface area contributed by atoms with Gasteiger partial charge in [0.25, 0.3) is 11.8 Å². The number of carbonyl (C=O) groups excluding carboxylic acids is 2. The molecular weight excluding hydrogens is 386 g/mol. The highest BCUT2D eigenvalue weighted by atomic mass is 33.1. The second-order valence-electron chi connectivity index (χ2n) is 7.69. The molecule has 140 valence electrons. The third kappa shape index (κ3) is 1.85. The van der Waals surface area contributed by atoms with E-state index in [9.17, 15) is 14.9 Å². The molecule has 1 aromatic rings. The van der Waals surface area contributed by atoms with Gasteiger partial charge in [0.05, 0.1) is 17.5 Å². The van der Waals surface area contributed by atoms with E-state index in [1.807, 2.05) is 19.1 Å². The van der Waals surface area contributed by atoms with E-state index < -0.39 is 21.2 Å². The molecule has 27 heavy (non-hydrogen) atoms. The Bertz CT molecular complexity index is 949. The quantitative estimate of drug-likeness (QED) is 0.666. The molecular formula is C18H17N3O4S2. The van der Waals surface area contributed by atoms with Gasteiger partial charge in [0.1, 0.15) is 0 Å². The average molecular weight is 403 g/mol. The van der Waals surface area contributed by atoms with Crippen molar-refractivity contribution in [1.82, 2.24) is 9.80 Å². The van der Waals surface area contributed by atoms with Gasteiger partial charge in [-0.1, -0.05) is 27.7 Å². The first-order valence-corrected chi connectivity index (χ1v) is 10.7. The maximum absolute atomic E-state index is 13.5. The number of benzene rings is 1. The van der Waals surface area contributed by atoms with Crippen LogP contribution in [-0.2, 0) is 9.59 Å². The average Bonchev–Trinajstić information content (AvgIpc) is 3.23. The maximum atomic E-state index is 13.5. The number of carbonyl (C=O) groups is 2. The highest BCUT2D eigenvalue weighted by Crippen LogP contribution is 2.69. The van der Waals surface area contributed by atoms with Crippen LogP contribution in [0.3, 0.4) is 0 Å². The van der Waals surface area contributed by atoms with E-state index in [2.05, 4.69) is 6.07 Å². The van der Waals surface area contributed by atoms with E-state index in [0.717, 1.165) is 5.56 Å². The highest BCUT2D eigenvalue weighted by molar-refractivity contribution is 8.78. The minimum Gasteiger partial charge on any atom is -0.454 e. The van der Waals surface area contributed by atoms with Crippen molar-refractivity contribution >= 4 is 33.4 Å². The number of hydrogen-bond donors (Lipinski definition) is 0. The van der Waals surface area contributed by atoms with Gasteiger partial charge < -0.3 is 19.3 Å². The summed E-state index contributed by atoms with van der Waals surface area (Å²) in [4.78, 5) is 27.9. The van der Waals surface area contributed by atoms with Gasteiger partial charge in [-0.05, 0) is 31.5 Å². The normalized spacial score (nSPS) is 39.0. The van der Waals surface area contributed by atoms with Crippen molar-refractivity contribution in [2.24, 2.45) is 5.41 Å². The molecule has 4 atom stereocenters. The number of nitrogens with zero attached hydrogens (tertiary/aromatic N) is 3. The first-order chi connectivity index (χ1) is 12.8. The summed E-state index contributed by atoms with van der Waals surface area (Å²) in [5.74, 6) is 0.998. The monoisotopic (exact) mass is 403 g/mol. The Morgan fingerprint density at radius 1 is 1.19 bits per heavy atom. The predicted octanol–water partition coefficient (Wildman–Crippen LogP) is 2.50. The van der Waals surface area contributed by atoms with Crippen LogP contribution in [0.2, 0.25) is 0 Å². The number of fused-ring (bicyclic) bond motifs is 3. The molecule has 0 aliphatic carbocycles. The standard InChI is InChI=1S/C18H17N3O4S2/c1-16(8-19)7-18-15(23)20(3)17(2,26-27-18)14(22)21(18)13(16)10-4-5-11-12(6-10)25-9-24-11/h4-6,13H,7,9H2,1-3H3/t13?,16-,17+,18+/m1/s1. The van der Waals surface area contributed by atoms with Crippen LogP contribution >= 0.6 is 21.6 Å². The van der Waals surface area contributed by atoms with Crippen LogP contribution in [0.15, 0.2) is 18.2 Å². The van der Waals surface area contributed by atoms with Crippen LogP contribution < -0.4 is 9.47 Å². The molecule has 1 unspecified atom stereocenters. The largest absolute Gasteiger partial charge is 0.454 e. The lowest BCUT2D eigenvalue weighted by atomic mass is 9.79. The second kappa shape index (κ2) is 5.06. The van der Waals surface area contributed by atoms with E-state index in [1.54, 1.807) is 24.9 Å². The molecule has 5 aliphatic rings. The summed E-state index contributed by atoms with van der Waals surface area (Å²) in [6, 6.07) is 7.35. The zero-order valence-electron chi connectivity index (χ0n) is 15.0. The molecule has 1 aromatic carbocycles. The number of nitriles is 1. The Morgan fingerprint density at radius 3 is 2.67 bits per heavy atom. The van der Waals surface area contributed by atoms with E-state index in [0.29, 0.717) is 11.5 Å². The minimum absolute atomic E-state index is 0.113. The summed E-state index contributed by atoms with van der Waals surface area (Å²) in [6.07, 6.45) is 0.290. The Morgan fingerprint density at radius 2 is 1.93 bits per heavy atom. The summed E-state index contributed by atoms with van der Waals surface area (Å²) < 4.78 is 10.9. The fraction of sp³-hybridized carbons (Fsp3) is 0.500. The lowest BCUT2D eigenvalue weighted by Gasteiger charge is -2.57. The zero-order chi connectivity index (χ0) is 19.2. The molecule has 2 bridgehead atoms.